The van der Waals surface area contributed by atoms with Crippen molar-refractivity contribution in [3.05, 3.63) is 131 Å². The maximum atomic E-state index is 4.28. The van der Waals surface area contributed by atoms with E-state index in [2.05, 4.69) is 149 Å². The first-order valence-electron chi connectivity index (χ1n) is 15.3. The van der Waals surface area contributed by atoms with E-state index < -0.39 is 0 Å². The predicted molar refractivity (Wildman–Crippen MR) is 181 cm³/mol. The van der Waals surface area contributed by atoms with Crippen molar-refractivity contribution in [2.75, 3.05) is 0 Å². The van der Waals surface area contributed by atoms with Gasteiger partial charge in [-0.1, -0.05) is 136 Å². The second-order valence-corrected chi connectivity index (χ2v) is 13.3. The lowest BCUT2D eigenvalue weighted by atomic mass is 9.71. The normalized spacial score (nSPS) is 22.4. The zero-order valence-corrected chi connectivity index (χ0v) is 27.2. The Morgan fingerprint density at radius 1 is 0.900 bits per heavy atom. The zero-order chi connectivity index (χ0) is 29.8. The largest absolute Gasteiger partial charge is 0.323 e. The molecule has 218 valence electrons. The topological polar surface area (TPSA) is 0 Å². The molecule has 0 amide bonds. The minimum atomic E-state index is 0.191. The lowest BCUT2D eigenvalue weighted by molar-refractivity contribution is 0.377. The van der Waals surface area contributed by atoms with Crippen molar-refractivity contribution in [3.63, 3.8) is 0 Å². The van der Waals surface area contributed by atoms with Crippen molar-refractivity contribution in [1.82, 2.24) is 0 Å². The molecule has 0 heteroatoms. The summed E-state index contributed by atoms with van der Waals surface area (Å²) in [5, 5.41) is 0. The Morgan fingerprint density at radius 2 is 1.57 bits per heavy atom. The molecular formula is C40H56-2. The number of hydrogen-bond donors (Lipinski definition) is 0. The number of rotatable bonds is 11. The minimum absolute atomic E-state index is 0.191. The Bertz CT molecular complexity index is 1150. The van der Waals surface area contributed by atoms with E-state index in [1.54, 1.807) is 5.57 Å². The minimum Gasteiger partial charge on any atom is -0.323 e. The second-order valence-electron chi connectivity index (χ2n) is 13.3. The van der Waals surface area contributed by atoms with Crippen LogP contribution in [0.15, 0.2) is 118 Å². The van der Waals surface area contributed by atoms with Gasteiger partial charge in [0.2, 0.25) is 0 Å². The molecule has 0 bridgehead atoms. The van der Waals surface area contributed by atoms with Crippen LogP contribution in [0.3, 0.4) is 0 Å². The fourth-order valence-electron chi connectivity index (χ4n) is 5.66. The Hall–Kier alpha value is -2.73. The smallest absolute Gasteiger partial charge is 0.0104 e. The van der Waals surface area contributed by atoms with Crippen LogP contribution < -0.4 is 0 Å². The van der Waals surface area contributed by atoms with Gasteiger partial charge in [0.05, 0.1) is 0 Å². The molecule has 0 aliphatic heterocycles. The third-order valence-electron chi connectivity index (χ3n) is 8.30. The van der Waals surface area contributed by atoms with Gasteiger partial charge in [0.25, 0.3) is 0 Å². The van der Waals surface area contributed by atoms with E-state index in [4.69, 9.17) is 0 Å². The molecule has 0 nitrogen and oxygen atoms in total. The first kappa shape index (κ1) is 33.5. The van der Waals surface area contributed by atoms with E-state index >= 15 is 0 Å². The van der Waals surface area contributed by atoms with Crippen molar-refractivity contribution in [2.45, 2.75) is 107 Å². The predicted octanol–water partition coefficient (Wildman–Crippen LogP) is 12.5. The van der Waals surface area contributed by atoms with Crippen LogP contribution in [0.5, 0.6) is 0 Å². The molecule has 2 aliphatic rings. The van der Waals surface area contributed by atoms with Crippen LogP contribution >= 0.6 is 0 Å². The molecule has 1 saturated carbocycles. The number of allylic oxidation sites excluding steroid dienone is 19. The van der Waals surface area contributed by atoms with E-state index in [0.29, 0.717) is 5.41 Å². The Labute approximate surface area is 248 Å². The monoisotopic (exact) mass is 536 g/mol. The van der Waals surface area contributed by atoms with Crippen LogP contribution in [-0.2, 0) is 0 Å². The molecule has 0 radical (unpaired) electrons. The van der Waals surface area contributed by atoms with Gasteiger partial charge in [0, 0.05) is 0 Å². The summed E-state index contributed by atoms with van der Waals surface area (Å²) in [7, 11) is 0. The Morgan fingerprint density at radius 3 is 2.27 bits per heavy atom. The van der Waals surface area contributed by atoms with Crippen molar-refractivity contribution in [1.29, 1.82) is 0 Å². The van der Waals surface area contributed by atoms with Crippen molar-refractivity contribution < 1.29 is 0 Å². The van der Waals surface area contributed by atoms with Crippen LogP contribution in [0.4, 0.5) is 0 Å². The molecule has 0 atom stereocenters. The van der Waals surface area contributed by atoms with Gasteiger partial charge < -0.3 is 6.42 Å². The molecule has 0 spiro atoms. The average molecular weight is 537 g/mol. The molecule has 0 aromatic carbocycles. The van der Waals surface area contributed by atoms with Gasteiger partial charge in [0.15, 0.2) is 0 Å². The lowest BCUT2D eigenvalue weighted by Crippen LogP contribution is -2.20. The van der Waals surface area contributed by atoms with E-state index in [9.17, 15) is 0 Å². The van der Waals surface area contributed by atoms with Gasteiger partial charge in [-0.3, -0.25) is 0 Å². The summed E-state index contributed by atoms with van der Waals surface area (Å²) in [6.45, 7) is 24.7. The van der Waals surface area contributed by atoms with E-state index in [-0.39, 0.29) is 5.41 Å². The molecule has 2 rings (SSSR count). The van der Waals surface area contributed by atoms with Gasteiger partial charge >= 0.3 is 0 Å². The first-order valence-corrected chi connectivity index (χ1v) is 15.3. The molecule has 0 saturated heterocycles. The molecule has 2 aliphatic carbocycles. The Balaban J connectivity index is 1.80. The number of hydrogen-bond acceptors (Lipinski definition) is 0. The molecule has 0 aromatic heterocycles. The van der Waals surface area contributed by atoms with Crippen molar-refractivity contribution in [2.24, 2.45) is 10.8 Å². The molecule has 0 N–H and O–H groups in total. The van der Waals surface area contributed by atoms with Gasteiger partial charge in [-0.2, -0.15) is 12.8 Å². The molecule has 40 heavy (non-hydrogen) atoms. The van der Waals surface area contributed by atoms with Crippen LogP contribution in [0, 0.1) is 23.7 Å². The fourth-order valence-corrected chi connectivity index (χ4v) is 5.66. The highest BCUT2D eigenvalue weighted by Crippen LogP contribution is 2.42. The standard InChI is InChI=1S/C40H56/c1-31(19-13-21-33(3)25-27-37-35(5)23-15-29-39(37,7)8)17-11-12-18-32(2)20-14-22-34(4)26-28-38-36(6)24-16-30-40(38,9)10/h11-12,14-15,17-18,20-22,25-28H,5,13,16,19,23-24,29-30H2,1-4,6-10H3/q-2/b12-11+,20-14+,28-26+,31-17+,32-18+,33-25+,34-22+,37-27+. The third kappa shape index (κ3) is 11.4. The summed E-state index contributed by atoms with van der Waals surface area (Å²) in [4.78, 5) is 0. The highest BCUT2D eigenvalue weighted by atomic mass is 14.3. The quantitative estimate of drug-likeness (QED) is 0.182. The summed E-state index contributed by atoms with van der Waals surface area (Å²) in [6.07, 6.45) is 37.2. The van der Waals surface area contributed by atoms with Crippen LogP contribution in [0.25, 0.3) is 0 Å². The molecular weight excluding hydrogens is 480 g/mol. The summed E-state index contributed by atoms with van der Waals surface area (Å²) < 4.78 is 0. The third-order valence-corrected chi connectivity index (χ3v) is 8.30. The maximum Gasteiger partial charge on any atom is -0.0104 e. The average Bonchev–Trinajstić information content (AvgIpc) is 2.85. The van der Waals surface area contributed by atoms with E-state index in [0.717, 1.165) is 25.7 Å². The highest BCUT2D eigenvalue weighted by Gasteiger charge is 2.26. The van der Waals surface area contributed by atoms with E-state index in [1.165, 1.54) is 58.3 Å². The van der Waals surface area contributed by atoms with Crippen LogP contribution in [-0.4, -0.2) is 0 Å². The van der Waals surface area contributed by atoms with Crippen LogP contribution in [0.2, 0.25) is 0 Å². The fraction of sp³-hybridized carbons (Fsp3) is 0.450. The first-order chi connectivity index (χ1) is 18.8. The van der Waals surface area contributed by atoms with Gasteiger partial charge in [-0.05, 0) is 69.8 Å². The summed E-state index contributed by atoms with van der Waals surface area (Å²) in [5.74, 6) is 0. The van der Waals surface area contributed by atoms with E-state index in [1.807, 2.05) is 0 Å². The molecule has 0 aromatic rings. The van der Waals surface area contributed by atoms with Gasteiger partial charge in [-0.15, -0.1) is 6.08 Å². The Kier molecular flexibility index (Phi) is 13.3. The van der Waals surface area contributed by atoms with Crippen molar-refractivity contribution in [3.8, 4) is 0 Å². The molecule has 1 fully saturated rings. The second kappa shape index (κ2) is 15.9. The molecule has 0 unspecified atom stereocenters. The SMILES string of the molecule is C=C1C[CH-]CC(C)(C)/C1=C/C=C(\C)[CH-]CC/C(C)=C/C=C/C=C(C)/C=C/C=C(C)/C=C/C1=C(C)CCCC1(C)C. The van der Waals surface area contributed by atoms with Gasteiger partial charge in [-0.25, -0.2) is 18.1 Å². The highest BCUT2D eigenvalue weighted by molar-refractivity contribution is 5.41. The van der Waals surface area contributed by atoms with Gasteiger partial charge in [0.1, 0.15) is 0 Å². The zero-order valence-electron chi connectivity index (χ0n) is 27.2. The lowest BCUT2D eigenvalue weighted by Gasteiger charge is -2.41. The molecule has 0 heterocycles. The maximum absolute atomic E-state index is 4.28. The summed E-state index contributed by atoms with van der Waals surface area (Å²) >= 11 is 0. The summed E-state index contributed by atoms with van der Waals surface area (Å²) in [6, 6.07) is 0. The van der Waals surface area contributed by atoms with Crippen LogP contribution in [0.1, 0.15) is 107 Å². The summed E-state index contributed by atoms with van der Waals surface area (Å²) in [5.41, 5.74) is 11.5. The van der Waals surface area contributed by atoms with Crippen molar-refractivity contribution >= 4 is 0 Å².